The third-order valence-electron chi connectivity index (χ3n) is 2.96. The molecule has 1 amide bonds. The summed E-state index contributed by atoms with van der Waals surface area (Å²) in [6.45, 7) is 1.09. The van der Waals surface area contributed by atoms with Crippen molar-refractivity contribution in [1.82, 2.24) is 0 Å². The Hall–Kier alpha value is -2.24. The van der Waals surface area contributed by atoms with Crippen LogP contribution in [0.5, 0.6) is 5.75 Å². The number of amides is 1. The monoisotopic (exact) mass is 367 g/mol. The first kappa shape index (κ1) is 18.1. The number of hydrogen-bond donors (Lipinski definition) is 1. The normalized spacial score (nSPS) is 11.5. The van der Waals surface area contributed by atoms with Crippen LogP contribution >= 0.6 is 23.2 Å². The lowest BCUT2D eigenvalue weighted by atomic mass is 10.3. The number of hydrogen-bond acceptors (Lipinski definition) is 4. The quantitative estimate of drug-likeness (QED) is 0.785. The standard InChI is InChI=1S/C17H15Cl2NO4/c1-11(24-12-6-3-2-4-7-12)17(22)23-10-15(21)20-14-9-5-8-13(18)16(14)19/h2-9,11H,10H2,1H3,(H,20,21)/t11-/m1/s1. The van der Waals surface area contributed by atoms with Crippen molar-refractivity contribution in [2.45, 2.75) is 13.0 Å². The molecule has 0 saturated heterocycles. The number of carbonyl (C=O) groups is 2. The molecule has 1 N–H and O–H groups in total. The van der Waals surface area contributed by atoms with Crippen LogP contribution in [0.4, 0.5) is 5.69 Å². The molecule has 2 aromatic carbocycles. The highest BCUT2D eigenvalue weighted by atomic mass is 35.5. The molecule has 0 fully saturated rings. The molecular formula is C17H15Cl2NO4. The second-order valence-corrected chi connectivity index (χ2v) is 5.62. The van der Waals surface area contributed by atoms with Gasteiger partial charge in [-0.25, -0.2) is 4.79 Å². The molecule has 0 heterocycles. The molecule has 5 nitrogen and oxygen atoms in total. The third kappa shape index (κ3) is 5.15. The number of para-hydroxylation sites is 1. The van der Waals surface area contributed by atoms with Crippen LogP contribution in [0.3, 0.4) is 0 Å². The fourth-order valence-electron chi connectivity index (χ4n) is 1.79. The lowest BCUT2D eigenvalue weighted by molar-refractivity contribution is -0.153. The smallest absolute Gasteiger partial charge is 0.347 e. The molecule has 0 aliphatic heterocycles. The number of nitrogens with one attached hydrogen (secondary N) is 1. The Morgan fingerprint density at radius 3 is 2.50 bits per heavy atom. The third-order valence-corrected chi connectivity index (χ3v) is 3.78. The summed E-state index contributed by atoms with van der Waals surface area (Å²) >= 11 is 11.8. The topological polar surface area (TPSA) is 64.6 Å². The van der Waals surface area contributed by atoms with E-state index >= 15 is 0 Å². The molecule has 0 aromatic heterocycles. The van der Waals surface area contributed by atoms with Gasteiger partial charge in [-0.15, -0.1) is 0 Å². The molecule has 126 valence electrons. The maximum absolute atomic E-state index is 11.9. The molecule has 0 unspecified atom stereocenters. The second kappa shape index (κ2) is 8.57. The number of ether oxygens (including phenoxy) is 2. The predicted molar refractivity (Wildman–Crippen MR) is 92.6 cm³/mol. The van der Waals surface area contributed by atoms with Gasteiger partial charge in [-0.1, -0.05) is 47.5 Å². The minimum Gasteiger partial charge on any atom is -0.479 e. The Bertz CT molecular complexity index is 722. The Morgan fingerprint density at radius 2 is 1.79 bits per heavy atom. The zero-order chi connectivity index (χ0) is 17.5. The lowest BCUT2D eigenvalue weighted by Gasteiger charge is -2.14. The molecule has 1 atom stereocenters. The van der Waals surface area contributed by atoms with Crippen molar-refractivity contribution in [2.24, 2.45) is 0 Å². The van der Waals surface area contributed by atoms with E-state index in [4.69, 9.17) is 32.7 Å². The van der Waals surface area contributed by atoms with Crippen LogP contribution in [0, 0.1) is 0 Å². The van der Waals surface area contributed by atoms with Gasteiger partial charge in [0.05, 0.1) is 15.7 Å². The highest BCUT2D eigenvalue weighted by Gasteiger charge is 2.18. The zero-order valence-corrected chi connectivity index (χ0v) is 14.3. The predicted octanol–water partition coefficient (Wildman–Crippen LogP) is 3.94. The second-order valence-electron chi connectivity index (χ2n) is 4.83. The Balaban J connectivity index is 1.82. The highest BCUT2D eigenvalue weighted by Crippen LogP contribution is 2.29. The maximum atomic E-state index is 11.9. The minimum atomic E-state index is -0.838. The summed E-state index contributed by atoms with van der Waals surface area (Å²) in [5, 5.41) is 3.06. The van der Waals surface area contributed by atoms with Gasteiger partial charge in [0.2, 0.25) is 0 Å². The Labute approximate surface area is 149 Å². The van der Waals surface area contributed by atoms with E-state index in [1.54, 1.807) is 49.4 Å². The highest BCUT2D eigenvalue weighted by molar-refractivity contribution is 6.44. The zero-order valence-electron chi connectivity index (χ0n) is 12.8. The average Bonchev–Trinajstić information content (AvgIpc) is 2.57. The number of anilines is 1. The number of esters is 1. The number of benzene rings is 2. The minimum absolute atomic E-state index is 0.222. The number of halogens is 2. The van der Waals surface area contributed by atoms with Crippen LogP contribution in [0.1, 0.15) is 6.92 Å². The van der Waals surface area contributed by atoms with E-state index in [2.05, 4.69) is 5.32 Å². The molecule has 0 spiro atoms. The largest absolute Gasteiger partial charge is 0.479 e. The van der Waals surface area contributed by atoms with Gasteiger partial charge < -0.3 is 14.8 Å². The number of rotatable bonds is 6. The van der Waals surface area contributed by atoms with E-state index in [-0.39, 0.29) is 5.02 Å². The molecule has 24 heavy (non-hydrogen) atoms. The molecule has 2 rings (SSSR count). The summed E-state index contributed by atoms with van der Waals surface area (Å²) in [5.41, 5.74) is 0.346. The van der Waals surface area contributed by atoms with E-state index in [1.165, 1.54) is 0 Å². The van der Waals surface area contributed by atoms with Gasteiger partial charge in [0.1, 0.15) is 5.75 Å². The maximum Gasteiger partial charge on any atom is 0.347 e. The fraction of sp³-hybridized carbons (Fsp3) is 0.176. The van der Waals surface area contributed by atoms with Crippen LogP contribution in [-0.2, 0) is 14.3 Å². The van der Waals surface area contributed by atoms with E-state index < -0.39 is 24.6 Å². The van der Waals surface area contributed by atoms with Gasteiger partial charge in [-0.05, 0) is 31.2 Å². The average molecular weight is 368 g/mol. The van der Waals surface area contributed by atoms with Gasteiger partial charge in [-0.3, -0.25) is 4.79 Å². The van der Waals surface area contributed by atoms with Crippen LogP contribution in [0.15, 0.2) is 48.5 Å². The first-order valence-corrected chi connectivity index (χ1v) is 7.85. The summed E-state index contributed by atoms with van der Waals surface area (Å²) < 4.78 is 10.3. The molecule has 0 aliphatic rings. The molecule has 0 radical (unpaired) electrons. The van der Waals surface area contributed by atoms with Crippen molar-refractivity contribution in [3.05, 3.63) is 58.6 Å². The van der Waals surface area contributed by atoms with Crippen LogP contribution in [-0.4, -0.2) is 24.6 Å². The van der Waals surface area contributed by atoms with Crippen molar-refractivity contribution in [3.63, 3.8) is 0 Å². The molecule has 2 aromatic rings. The SMILES string of the molecule is C[C@@H](Oc1ccccc1)C(=O)OCC(=O)Nc1cccc(Cl)c1Cl. The molecule has 0 saturated carbocycles. The van der Waals surface area contributed by atoms with Gasteiger partial charge in [0, 0.05) is 0 Å². The Morgan fingerprint density at radius 1 is 1.08 bits per heavy atom. The van der Waals surface area contributed by atoms with Gasteiger partial charge >= 0.3 is 5.97 Å². The van der Waals surface area contributed by atoms with Crippen molar-refractivity contribution < 1.29 is 19.1 Å². The summed E-state index contributed by atoms with van der Waals surface area (Å²) in [7, 11) is 0. The van der Waals surface area contributed by atoms with Crippen LogP contribution < -0.4 is 10.1 Å². The fourth-order valence-corrected chi connectivity index (χ4v) is 2.14. The van der Waals surface area contributed by atoms with E-state index in [9.17, 15) is 9.59 Å². The van der Waals surface area contributed by atoms with Crippen LogP contribution in [0.25, 0.3) is 0 Å². The van der Waals surface area contributed by atoms with Gasteiger partial charge in [0.25, 0.3) is 5.91 Å². The molecule has 0 bridgehead atoms. The van der Waals surface area contributed by atoms with E-state index in [0.717, 1.165) is 0 Å². The molecule has 0 aliphatic carbocycles. The van der Waals surface area contributed by atoms with E-state index in [0.29, 0.717) is 16.5 Å². The summed E-state index contributed by atoms with van der Waals surface area (Å²) in [6.07, 6.45) is -0.838. The summed E-state index contributed by atoms with van der Waals surface area (Å²) in [6, 6.07) is 13.7. The van der Waals surface area contributed by atoms with E-state index in [1.807, 2.05) is 6.07 Å². The Kier molecular flexibility index (Phi) is 6.46. The first-order valence-electron chi connectivity index (χ1n) is 7.09. The summed E-state index contributed by atoms with van der Waals surface area (Å²) in [5.74, 6) is -0.636. The lowest BCUT2D eigenvalue weighted by Crippen LogP contribution is -2.29. The van der Waals surface area contributed by atoms with Crippen molar-refractivity contribution in [3.8, 4) is 5.75 Å². The first-order chi connectivity index (χ1) is 11.5. The molecule has 7 heteroatoms. The van der Waals surface area contributed by atoms with Crippen molar-refractivity contribution in [2.75, 3.05) is 11.9 Å². The van der Waals surface area contributed by atoms with Crippen molar-refractivity contribution >= 4 is 40.8 Å². The van der Waals surface area contributed by atoms with Crippen molar-refractivity contribution in [1.29, 1.82) is 0 Å². The van der Waals surface area contributed by atoms with Gasteiger partial charge in [0.15, 0.2) is 12.7 Å². The van der Waals surface area contributed by atoms with Crippen LogP contribution in [0.2, 0.25) is 10.0 Å². The van der Waals surface area contributed by atoms with Gasteiger partial charge in [-0.2, -0.15) is 0 Å². The summed E-state index contributed by atoms with van der Waals surface area (Å²) in [4.78, 5) is 23.7. The number of carbonyl (C=O) groups excluding carboxylic acids is 2. The molecular weight excluding hydrogens is 353 g/mol.